The van der Waals surface area contributed by atoms with Gasteiger partial charge in [0.25, 0.3) is 0 Å². The lowest BCUT2D eigenvalue weighted by molar-refractivity contribution is 1.15. The highest BCUT2D eigenvalue weighted by Crippen LogP contribution is 2.46. The van der Waals surface area contributed by atoms with Crippen molar-refractivity contribution in [3.63, 3.8) is 0 Å². The van der Waals surface area contributed by atoms with Crippen molar-refractivity contribution in [2.75, 3.05) is 0 Å². The number of fused-ring (bicyclic) bond motifs is 7. The van der Waals surface area contributed by atoms with Crippen LogP contribution in [-0.4, -0.2) is 14.5 Å². The summed E-state index contributed by atoms with van der Waals surface area (Å²) in [6.07, 6.45) is 0. The van der Waals surface area contributed by atoms with Gasteiger partial charge in [-0.25, -0.2) is 9.97 Å². The van der Waals surface area contributed by atoms with Crippen molar-refractivity contribution in [2.24, 2.45) is 0 Å². The van der Waals surface area contributed by atoms with Gasteiger partial charge in [0.05, 0.1) is 28.1 Å². The third-order valence-electron chi connectivity index (χ3n) is 13.4. The molecule has 0 spiro atoms. The third-order valence-corrected chi connectivity index (χ3v) is 13.4. The van der Waals surface area contributed by atoms with E-state index in [0.29, 0.717) is 5.82 Å². The summed E-state index contributed by atoms with van der Waals surface area (Å²) in [5.74, 6) is 0.689. The molecule has 0 aliphatic heterocycles. The van der Waals surface area contributed by atoms with Gasteiger partial charge in [0.15, 0.2) is 5.82 Å². The average molecular weight is 852 g/mol. The Morgan fingerprint density at radius 1 is 0.284 bits per heavy atom. The molecule has 3 heteroatoms. The molecule has 0 fully saturated rings. The Hall–Kier alpha value is -8.92. The van der Waals surface area contributed by atoms with Crippen molar-refractivity contribution in [1.82, 2.24) is 14.5 Å². The van der Waals surface area contributed by atoms with Crippen LogP contribution >= 0.6 is 0 Å². The lowest BCUT2D eigenvalue weighted by Crippen LogP contribution is -2.00. The number of hydrogen-bond acceptors (Lipinski definition) is 2. The summed E-state index contributed by atoms with van der Waals surface area (Å²) < 4.78 is 2.37. The monoisotopic (exact) mass is 851 g/mol. The van der Waals surface area contributed by atoms with Gasteiger partial charge < -0.3 is 4.57 Å². The van der Waals surface area contributed by atoms with Gasteiger partial charge in [-0.3, -0.25) is 0 Å². The summed E-state index contributed by atoms with van der Waals surface area (Å²) in [4.78, 5) is 10.5. The van der Waals surface area contributed by atoms with E-state index < -0.39 is 0 Å². The quantitative estimate of drug-likeness (QED) is 0.118. The van der Waals surface area contributed by atoms with Gasteiger partial charge in [0, 0.05) is 27.5 Å². The molecule has 0 amide bonds. The predicted octanol–water partition coefficient (Wildman–Crippen LogP) is 17.0. The Labute approximate surface area is 388 Å². The molecule has 312 valence electrons. The first-order valence-corrected chi connectivity index (χ1v) is 22.9. The summed E-state index contributed by atoms with van der Waals surface area (Å²) in [7, 11) is 0. The first kappa shape index (κ1) is 38.5. The van der Waals surface area contributed by atoms with Crippen molar-refractivity contribution >= 4 is 54.1 Å². The van der Waals surface area contributed by atoms with Crippen molar-refractivity contribution in [2.45, 2.75) is 0 Å². The summed E-state index contributed by atoms with van der Waals surface area (Å²) in [6, 6.07) is 89.4. The smallest absolute Gasteiger partial charge is 0.160 e. The van der Waals surface area contributed by atoms with E-state index in [0.717, 1.165) is 55.9 Å². The molecule has 3 nitrogen and oxygen atoms in total. The van der Waals surface area contributed by atoms with Crippen molar-refractivity contribution < 1.29 is 0 Å². The zero-order valence-corrected chi connectivity index (χ0v) is 36.5. The Bertz CT molecular complexity index is 3950. The minimum atomic E-state index is 0.689. The van der Waals surface area contributed by atoms with Gasteiger partial charge in [-0.1, -0.05) is 224 Å². The molecule has 11 aromatic carbocycles. The van der Waals surface area contributed by atoms with Crippen LogP contribution in [0.2, 0.25) is 0 Å². The van der Waals surface area contributed by atoms with Gasteiger partial charge in [-0.15, -0.1) is 0 Å². The van der Waals surface area contributed by atoms with Gasteiger partial charge in [0.2, 0.25) is 0 Å². The van der Waals surface area contributed by atoms with Crippen LogP contribution in [0.4, 0.5) is 0 Å². The van der Waals surface area contributed by atoms with E-state index in [4.69, 9.17) is 9.97 Å². The molecule has 0 atom stereocenters. The average Bonchev–Trinajstić information content (AvgIpc) is 3.75. The van der Waals surface area contributed by atoms with Crippen LogP contribution in [0.5, 0.6) is 0 Å². The Kier molecular flexibility index (Phi) is 9.17. The summed E-state index contributed by atoms with van der Waals surface area (Å²) in [6.45, 7) is 0. The number of benzene rings is 11. The number of para-hydroxylation sites is 3. The molecule has 67 heavy (non-hydrogen) atoms. The molecule has 2 heterocycles. The summed E-state index contributed by atoms with van der Waals surface area (Å²) in [5, 5.41) is 10.00. The third kappa shape index (κ3) is 6.51. The molecule has 0 N–H and O–H groups in total. The predicted molar refractivity (Wildman–Crippen MR) is 282 cm³/mol. The van der Waals surface area contributed by atoms with E-state index in [1.165, 1.54) is 65.3 Å². The second-order valence-corrected chi connectivity index (χ2v) is 17.2. The molecule has 0 aliphatic rings. The highest BCUT2D eigenvalue weighted by Gasteiger charge is 2.20. The fourth-order valence-corrected chi connectivity index (χ4v) is 10.3. The first-order chi connectivity index (χ1) is 33.2. The minimum Gasteiger partial charge on any atom is -0.309 e. The van der Waals surface area contributed by atoms with E-state index in [1.54, 1.807) is 0 Å². The summed E-state index contributed by atoms with van der Waals surface area (Å²) in [5.41, 5.74) is 15.4. The van der Waals surface area contributed by atoms with Crippen molar-refractivity contribution in [1.29, 1.82) is 0 Å². The fraction of sp³-hybridized carbons (Fsp3) is 0. The molecule has 0 aliphatic carbocycles. The normalized spacial score (nSPS) is 11.6. The maximum absolute atomic E-state index is 5.28. The van der Waals surface area contributed by atoms with E-state index in [1.807, 2.05) is 18.2 Å². The highest BCUT2D eigenvalue weighted by molar-refractivity contribution is 6.28. The van der Waals surface area contributed by atoms with Crippen molar-refractivity contribution in [3.05, 3.63) is 249 Å². The largest absolute Gasteiger partial charge is 0.309 e. The topological polar surface area (TPSA) is 30.7 Å². The second kappa shape index (κ2) is 16.0. The molecule has 0 saturated heterocycles. The molecular weight excluding hydrogens is 811 g/mol. The summed E-state index contributed by atoms with van der Waals surface area (Å²) >= 11 is 0. The van der Waals surface area contributed by atoms with Gasteiger partial charge in [-0.2, -0.15) is 0 Å². The molecule has 0 bridgehead atoms. The molecule has 0 saturated carbocycles. The number of nitrogens with zero attached hydrogens (tertiary/aromatic N) is 3. The number of rotatable bonds is 7. The fourth-order valence-electron chi connectivity index (χ4n) is 10.3. The molecule has 13 rings (SSSR count). The first-order valence-electron chi connectivity index (χ1n) is 22.9. The van der Waals surface area contributed by atoms with E-state index in [9.17, 15) is 0 Å². The number of aromatic nitrogens is 3. The van der Waals surface area contributed by atoms with Crippen LogP contribution in [0, 0.1) is 0 Å². The second-order valence-electron chi connectivity index (χ2n) is 17.2. The number of hydrogen-bond donors (Lipinski definition) is 0. The zero-order chi connectivity index (χ0) is 44.3. The highest BCUT2D eigenvalue weighted by atomic mass is 15.0. The van der Waals surface area contributed by atoms with E-state index in [-0.39, 0.29) is 0 Å². The van der Waals surface area contributed by atoms with Crippen LogP contribution in [0.3, 0.4) is 0 Å². The zero-order valence-electron chi connectivity index (χ0n) is 36.5. The van der Waals surface area contributed by atoms with Crippen LogP contribution in [0.1, 0.15) is 0 Å². The molecule has 2 aromatic heterocycles. The standard InChI is InChI=1S/C64H41N3/c1-3-18-46(19-4-1)61-52-25-9-10-26-53(52)62(63-49-22-8-7-17-44(49)39-40-55(61)63)47-37-33-43(34-38-47)42-31-35-45(36-32-42)56-41-57(66-64(65-56)48-20-5-2-6-21-48)54-27-13-16-30-60(54)67-58-28-14-11-23-50(58)51-24-12-15-29-59(51)67/h1-41H. The maximum atomic E-state index is 5.28. The van der Waals surface area contributed by atoms with E-state index in [2.05, 4.69) is 235 Å². The lowest BCUT2D eigenvalue weighted by Gasteiger charge is -2.19. The van der Waals surface area contributed by atoms with Crippen molar-refractivity contribution in [3.8, 4) is 73.0 Å². The van der Waals surface area contributed by atoms with Crippen LogP contribution < -0.4 is 0 Å². The Balaban J connectivity index is 0.911. The van der Waals surface area contributed by atoms with Gasteiger partial charge in [0.1, 0.15) is 0 Å². The lowest BCUT2D eigenvalue weighted by atomic mass is 9.84. The van der Waals surface area contributed by atoms with Crippen LogP contribution in [0.25, 0.3) is 127 Å². The van der Waals surface area contributed by atoms with Crippen LogP contribution in [-0.2, 0) is 0 Å². The van der Waals surface area contributed by atoms with Gasteiger partial charge in [-0.05, 0) is 90.0 Å². The molecule has 0 unspecified atom stereocenters. The Morgan fingerprint density at radius 3 is 1.43 bits per heavy atom. The Morgan fingerprint density at radius 2 is 0.761 bits per heavy atom. The van der Waals surface area contributed by atoms with Gasteiger partial charge >= 0.3 is 0 Å². The van der Waals surface area contributed by atoms with Crippen LogP contribution in [0.15, 0.2) is 249 Å². The maximum Gasteiger partial charge on any atom is 0.160 e. The molecule has 13 aromatic rings. The van der Waals surface area contributed by atoms with E-state index >= 15 is 0 Å². The molecular formula is C64H41N3. The minimum absolute atomic E-state index is 0.689. The molecule has 0 radical (unpaired) electrons. The SMILES string of the molecule is c1ccc(-c2nc(-c3ccc(-c4ccc(-c5c6ccccc6c(-c6ccccc6)c6ccc7ccccc7c56)cc4)cc3)cc(-c3ccccc3-n3c4ccccc4c4ccccc43)n2)cc1.